The summed E-state index contributed by atoms with van der Waals surface area (Å²) in [6.07, 6.45) is 1.11. The van der Waals surface area contributed by atoms with Gasteiger partial charge in [0.25, 0.3) is 0 Å². The van der Waals surface area contributed by atoms with Crippen LogP contribution < -0.4 is 9.62 Å². The van der Waals surface area contributed by atoms with Crippen molar-refractivity contribution in [3.63, 3.8) is 0 Å². The average Bonchev–Trinajstić information content (AvgIpc) is 2.64. The van der Waals surface area contributed by atoms with Crippen LogP contribution in [-0.2, 0) is 26.2 Å². The van der Waals surface area contributed by atoms with Gasteiger partial charge in [0.1, 0.15) is 6.04 Å². The van der Waals surface area contributed by atoms with Crippen LogP contribution >= 0.6 is 0 Å². The number of rotatable bonds is 9. The van der Waals surface area contributed by atoms with Gasteiger partial charge in [-0.3, -0.25) is 9.10 Å². The van der Waals surface area contributed by atoms with Crippen LogP contribution in [0.4, 0.5) is 5.69 Å². The molecule has 0 radical (unpaired) electrons. The van der Waals surface area contributed by atoms with E-state index in [1.165, 1.54) is 0 Å². The lowest BCUT2D eigenvalue weighted by atomic mass is 10.1. The van der Waals surface area contributed by atoms with Crippen molar-refractivity contribution in [2.45, 2.75) is 33.4 Å². The van der Waals surface area contributed by atoms with Gasteiger partial charge in [0, 0.05) is 6.54 Å². The summed E-state index contributed by atoms with van der Waals surface area (Å²) in [5, 5.41) is 2.75. The van der Waals surface area contributed by atoms with Crippen LogP contribution in [-0.4, -0.2) is 39.8 Å². The maximum Gasteiger partial charge on any atom is 0.243 e. The summed E-state index contributed by atoms with van der Waals surface area (Å²) in [5.74, 6) is -0.369. The third kappa shape index (κ3) is 6.07. The molecule has 0 fully saturated rings. The Kier molecular flexibility index (Phi) is 7.60. The molecule has 2 aromatic carbocycles. The molecule has 1 atom stereocenters. The summed E-state index contributed by atoms with van der Waals surface area (Å²) < 4.78 is 31.4. The number of carbonyl (C=O) groups is 1. The van der Waals surface area contributed by atoms with Gasteiger partial charge in [-0.25, -0.2) is 8.42 Å². The molecule has 1 N–H and O–H groups in total. The number of amides is 1. The van der Waals surface area contributed by atoms with Crippen molar-refractivity contribution in [2.24, 2.45) is 0 Å². The van der Waals surface area contributed by atoms with Crippen molar-refractivity contribution in [1.82, 2.24) is 5.32 Å². The van der Waals surface area contributed by atoms with E-state index in [-0.39, 0.29) is 5.91 Å². The smallest absolute Gasteiger partial charge is 0.243 e. The van der Waals surface area contributed by atoms with E-state index in [2.05, 4.69) is 5.32 Å². The molecule has 2 rings (SSSR count). The maximum absolute atomic E-state index is 12.5. The molecule has 7 heteroatoms. The molecule has 0 unspecified atom stereocenters. The molecule has 0 saturated carbocycles. The molecule has 0 aromatic heterocycles. The first-order valence-electron chi connectivity index (χ1n) is 9.16. The van der Waals surface area contributed by atoms with Crippen LogP contribution in [0.3, 0.4) is 0 Å². The second-order valence-electron chi connectivity index (χ2n) is 6.83. The fourth-order valence-corrected chi connectivity index (χ4v) is 4.00. The van der Waals surface area contributed by atoms with E-state index in [9.17, 15) is 13.2 Å². The standard InChI is InChI=1S/C21H28N2O4S/c1-16-10-11-20(14-17(16)2)23(28(4,25)26)18(3)21(24)22-12-13-27-15-19-8-6-5-7-9-19/h5-11,14,18H,12-13,15H2,1-4H3,(H,22,24)/t18-/m1/s1. The number of carbonyl (C=O) groups excluding carboxylic acids is 1. The predicted octanol–water partition coefficient (Wildman–Crippen LogP) is 2.79. The molecule has 0 heterocycles. The van der Waals surface area contributed by atoms with E-state index in [4.69, 9.17) is 4.74 Å². The number of sulfonamides is 1. The number of hydrogen-bond acceptors (Lipinski definition) is 4. The molecule has 1 amide bonds. The largest absolute Gasteiger partial charge is 0.375 e. The first kappa shape index (κ1) is 21.9. The Labute approximate surface area is 167 Å². The fraction of sp³-hybridized carbons (Fsp3) is 0.381. The van der Waals surface area contributed by atoms with E-state index < -0.39 is 16.1 Å². The summed E-state index contributed by atoms with van der Waals surface area (Å²) >= 11 is 0. The van der Waals surface area contributed by atoms with Crippen molar-refractivity contribution >= 4 is 21.6 Å². The van der Waals surface area contributed by atoms with Gasteiger partial charge in [0.2, 0.25) is 15.9 Å². The molecule has 2 aromatic rings. The molecule has 6 nitrogen and oxygen atoms in total. The van der Waals surface area contributed by atoms with Gasteiger partial charge in [-0.1, -0.05) is 36.4 Å². The molecule has 0 aliphatic heterocycles. The number of aryl methyl sites for hydroxylation is 2. The minimum absolute atomic E-state index is 0.306. The van der Waals surface area contributed by atoms with Crippen LogP contribution in [0.5, 0.6) is 0 Å². The second-order valence-corrected chi connectivity index (χ2v) is 8.69. The third-order valence-electron chi connectivity index (χ3n) is 4.49. The summed E-state index contributed by atoms with van der Waals surface area (Å²) in [6.45, 7) is 6.56. The van der Waals surface area contributed by atoms with Crippen LogP contribution in [0.25, 0.3) is 0 Å². The Bertz CT molecular complexity index is 898. The minimum Gasteiger partial charge on any atom is -0.375 e. The molecule has 0 spiro atoms. The highest BCUT2D eigenvalue weighted by atomic mass is 32.2. The van der Waals surface area contributed by atoms with Crippen molar-refractivity contribution < 1.29 is 17.9 Å². The van der Waals surface area contributed by atoms with Crippen molar-refractivity contribution in [1.29, 1.82) is 0 Å². The molecule has 0 bridgehead atoms. The molecular weight excluding hydrogens is 376 g/mol. The first-order chi connectivity index (χ1) is 13.2. The monoisotopic (exact) mass is 404 g/mol. The van der Waals surface area contributed by atoms with Gasteiger partial charge < -0.3 is 10.1 Å². The van der Waals surface area contributed by atoms with Crippen molar-refractivity contribution in [3.05, 3.63) is 65.2 Å². The van der Waals surface area contributed by atoms with Crippen LogP contribution in [0, 0.1) is 13.8 Å². The highest BCUT2D eigenvalue weighted by Crippen LogP contribution is 2.23. The number of benzene rings is 2. The zero-order valence-electron chi connectivity index (χ0n) is 16.8. The van der Waals surface area contributed by atoms with E-state index in [1.807, 2.05) is 50.2 Å². The van der Waals surface area contributed by atoms with Gasteiger partial charge in [-0.05, 0) is 49.6 Å². The normalized spacial score (nSPS) is 12.4. The zero-order chi connectivity index (χ0) is 20.7. The molecule has 28 heavy (non-hydrogen) atoms. The summed E-state index contributed by atoms with van der Waals surface area (Å²) in [5.41, 5.74) is 3.56. The Hall–Kier alpha value is -2.38. The van der Waals surface area contributed by atoms with E-state index >= 15 is 0 Å². The minimum atomic E-state index is -3.62. The van der Waals surface area contributed by atoms with Gasteiger partial charge >= 0.3 is 0 Å². The van der Waals surface area contributed by atoms with Crippen molar-refractivity contribution in [2.75, 3.05) is 23.7 Å². The number of ether oxygens (including phenoxy) is 1. The van der Waals surface area contributed by atoms with Gasteiger partial charge in [-0.2, -0.15) is 0 Å². The highest BCUT2D eigenvalue weighted by Gasteiger charge is 2.29. The highest BCUT2D eigenvalue weighted by molar-refractivity contribution is 7.92. The number of nitrogens with one attached hydrogen (secondary N) is 1. The summed E-state index contributed by atoms with van der Waals surface area (Å²) in [4.78, 5) is 12.5. The lowest BCUT2D eigenvalue weighted by Crippen LogP contribution is -2.48. The predicted molar refractivity (Wildman–Crippen MR) is 112 cm³/mol. The lowest BCUT2D eigenvalue weighted by Gasteiger charge is -2.28. The zero-order valence-corrected chi connectivity index (χ0v) is 17.6. The molecular formula is C21H28N2O4S. The maximum atomic E-state index is 12.5. The summed E-state index contributed by atoms with van der Waals surface area (Å²) in [6, 6.07) is 14.2. The van der Waals surface area contributed by atoms with E-state index in [0.29, 0.717) is 25.4 Å². The van der Waals surface area contributed by atoms with Crippen molar-refractivity contribution in [3.8, 4) is 0 Å². The number of nitrogens with zero attached hydrogens (tertiary/aromatic N) is 1. The quantitative estimate of drug-likeness (QED) is 0.652. The second kappa shape index (κ2) is 9.71. The SMILES string of the molecule is Cc1ccc(N([C@H](C)C(=O)NCCOCc2ccccc2)S(C)(=O)=O)cc1C. The topological polar surface area (TPSA) is 75.7 Å². The Balaban J connectivity index is 1.95. The Morgan fingerprint density at radius 3 is 2.39 bits per heavy atom. The van der Waals surface area contributed by atoms with Crippen LogP contribution in [0.2, 0.25) is 0 Å². The molecule has 0 aliphatic carbocycles. The third-order valence-corrected chi connectivity index (χ3v) is 5.73. The van der Waals surface area contributed by atoms with Crippen LogP contribution in [0.15, 0.2) is 48.5 Å². The summed E-state index contributed by atoms with van der Waals surface area (Å²) in [7, 11) is -3.62. The fourth-order valence-electron chi connectivity index (χ4n) is 2.83. The lowest BCUT2D eigenvalue weighted by molar-refractivity contribution is -0.122. The number of anilines is 1. The molecule has 0 saturated heterocycles. The van der Waals surface area contributed by atoms with Gasteiger partial charge in [0.05, 0.1) is 25.2 Å². The van der Waals surface area contributed by atoms with Gasteiger partial charge in [0.15, 0.2) is 0 Å². The van der Waals surface area contributed by atoms with Gasteiger partial charge in [-0.15, -0.1) is 0 Å². The molecule has 152 valence electrons. The van der Waals surface area contributed by atoms with E-state index in [0.717, 1.165) is 27.3 Å². The first-order valence-corrected chi connectivity index (χ1v) is 11.0. The Morgan fingerprint density at radius 2 is 1.79 bits per heavy atom. The average molecular weight is 405 g/mol. The van der Waals surface area contributed by atoms with Crippen LogP contribution in [0.1, 0.15) is 23.6 Å². The Morgan fingerprint density at radius 1 is 1.11 bits per heavy atom. The van der Waals surface area contributed by atoms with E-state index in [1.54, 1.807) is 19.1 Å². The molecule has 0 aliphatic rings. The number of hydrogen-bond donors (Lipinski definition) is 1.